The summed E-state index contributed by atoms with van der Waals surface area (Å²) in [4.78, 5) is 21.3. The average molecular weight is 170 g/mol. The predicted octanol–water partition coefficient (Wildman–Crippen LogP) is 1.47. The second-order valence-electron chi connectivity index (χ2n) is 2.45. The Morgan fingerprint density at radius 1 is 1.33 bits per heavy atom. The highest BCUT2D eigenvalue weighted by atomic mass is 16.5. The van der Waals surface area contributed by atoms with Crippen molar-refractivity contribution in [2.75, 3.05) is 7.11 Å². The third kappa shape index (κ3) is 5.65. The summed E-state index contributed by atoms with van der Waals surface area (Å²) in [6.07, 6.45) is 3.59. The summed E-state index contributed by atoms with van der Waals surface area (Å²) in [6, 6.07) is 0. The molecule has 0 atom stereocenters. The van der Waals surface area contributed by atoms with Gasteiger partial charge in [0.05, 0.1) is 7.11 Å². The van der Waals surface area contributed by atoms with E-state index in [4.69, 9.17) is 0 Å². The third-order valence-electron chi connectivity index (χ3n) is 1.51. The van der Waals surface area contributed by atoms with Crippen molar-refractivity contribution in [1.29, 1.82) is 0 Å². The molecule has 3 heteroatoms. The minimum atomic E-state index is -0.221. The first-order valence-corrected chi connectivity index (χ1v) is 3.92. The Balaban J connectivity index is 3.27. The normalized spacial score (nSPS) is 9.08. The van der Waals surface area contributed by atoms with Gasteiger partial charge in [0.2, 0.25) is 0 Å². The molecular weight excluding hydrogens is 156 g/mol. The predicted molar refractivity (Wildman–Crippen MR) is 45.7 cm³/mol. The lowest BCUT2D eigenvalue weighted by molar-refractivity contribution is -0.140. The molecule has 0 fully saturated rings. The Morgan fingerprint density at radius 2 is 1.92 bits per heavy atom. The van der Waals surface area contributed by atoms with Crippen molar-refractivity contribution in [3.8, 4) is 0 Å². The molecule has 0 saturated carbocycles. The fourth-order valence-electron chi connectivity index (χ4n) is 0.773. The van der Waals surface area contributed by atoms with Crippen LogP contribution in [0.3, 0.4) is 0 Å². The maximum absolute atomic E-state index is 10.7. The third-order valence-corrected chi connectivity index (χ3v) is 1.51. The Labute approximate surface area is 72.4 Å². The second-order valence-corrected chi connectivity index (χ2v) is 2.45. The average Bonchev–Trinajstić information content (AvgIpc) is 2.11. The zero-order valence-corrected chi connectivity index (χ0v) is 7.34. The molecule has 68 valence electrons. The minimum absolute atomic E-state index is 0.0277. The van der Waals surface area contributed by atoms with Crippen LogP contribution >= 0.6 is 0 Å². The zero-order chi connectivity index (χ0) is 9.40. The highest BCUT2D eigenvalue weighted by molar-refractivity contribution is 5.88. The van der Waals surface area contributed by atoms with E-state index in [2.05, 4.69) is 11.3 Å². The molecule has 0 aromatic carbocycles. The molecule has 0 aromatic heterocycles. The van der Waals surface area contributed by atoms with E-state index in [-0.39, 0.29) is 11.8 Å². The minimum Gasteiger partial charge on any atom is -0.469 e. The summed E-state index contributed by atoms with van der Waals surface area (Å²) in [5, 5.41) is 0. The lowest BCUT2D eigenvalue weighted by Crippen LogP contribution is -2.00. The van der Waals surface area contributed by atoms with Gasteiger partial charge in [-0.2, -0.15) is 0 Å². The van der Waals surface area contributed by atoms with Gasteiger partial charge in [0.25, 0.3) is 0 Å². The first-order chi connectivity index (χ1) is 5.70. The van der Waals surface area contributed by atoms with Crippen LogP contribution in [0.1, 0.15) is 25.7 Å². The van der Waals surface area contributed by atoms with Crippen molar-refractivity contribution in [3.05, 3.63) is 12.7 Å². The van der Waals surface area contributed by atoms with Crippen molar-refractivity contribution in [3.63, 3.8) is 0 Å². The highest BCUT2D eigenvalue weighted by Crippen LogP contribution is 2.01. The van der Waals surface area contributed by atoms with E-state index in [0.717, 1.165) is 6.42 Å². The molecular formula is C9H14O3. The lowest BCUT2D eigenvalue weighted by Gasteiger charge is -1.97. The van der Waals surface area contributed by atoms with Gasteiger partial charge in [0, 0.05) is 12.8 Å². The van der Waals surface area contributed by atoms with Crippen LogP contribution in [0, 0.1) is 0 Å². The van der Waals surface area contributed by atoms with Crippen LogP contribution in [0.25, 0.3) is 0 Å². The van der Waals surface area contributed by atoms with E-state index in [1.165, 1.54) is 13.2 Å². The monoisotopic (exact) mass is 170 g/mol. The molecule has 0 N–H and O–H groups in total. The van der Waals surface area contributed by atoms with Gasteiger partial charge in [-0.1, -0.05) is 6.58 Å². The summed E-state index contributed by atoms with van der Waals surface area (Å²) in [5.74, 6) is -0.194. The first-order valence-electron chi connectivity index (χ1n) is 3.92. The Hall–Kier alpha value is -1.12. The molecule has 0 aliphatic rings. The number of methoxy groups -OCH3 is 1. The highest BCUT2D eigenvalue weighted by Gasteiger charge is 2.00. The molecule has 0 unspecified atom stereocenters. The van der Waals surface area contributed by atoms with Gasteiger partial charge in [-0.3, -0.25) is 9.59 Å². The molecule has 0 amide bonds. The van der Waals surface area contributed by atoms with E-state index in [0.29, 0.717) is 19.3 Å². The SMILES string of the molecule is C=CC(=O)CCCCC(=O)OC. The number of ether oxygens (including phenoxy) is 1. The number of rotatable bonds is 6. The Kier molecular flexibility index (Phi) is 5.97. The molecule has 0 rings (SSSR count). The molecule has 0 radical (unpaired) electrons. The summed E-state index contributed by atoms with van der Waals surface area (Å²) in [6.45, 7) is 3.35. The number of carbonyl (C=O) groups is 2. The Bertz CT molecular complexity index is 173. The molecule has 3 nitrogen and oxygen atoms in total. The topological polar surface area (TPSA) is 43.4 Å². The molecule has 0 heterocycles. The van der Waals surface area contributed by atoms with Crippen LogP contribution < -0.4 is 0 Å². The van der Waals surface area contributed by atoms with Crippen LogP contribution in [0.5, 0.6) is 0 Å². The van der Waals surface area contributed by atoms with E-state index in [1.807, 2.05) is 0 Å². The number of esters is 1. The van der Waals surface area contributed by atoms with E-state index < -0.39 is 0 Å². The standard InChI is InChI=1S/C9H14O3/c1-3-8(10)6-4-5-7-9(11)12-2/h3H,1,4-7H2,2H3. The van der Waals surface area contributed by atoms with Crippen LogP contribution in [0.4, 0.5) is 0 Å². The molecule has 0 spiro atoms. The quantitative estimate of drug-likeness (QED) is 0.344. The largest absolute Gasteiger partial charge is 0.469 e. The van der Waals surface area contributed by atoms with Crippen LogP contribution in [-0.4, -0.2) is 18.9 Å². The van der Waals surface area contributed by atoms with Gasteiger partial charge < -0.3 is 4.74 Å². The van der Waals surface area contributed by atoms with Gasteiger partial charge in [-0.05, 0) is 18.9 Å². The Morgan fingerprint density at radius 3 is 2.42 bits per heavy atom. The number of hydrogen-bond acceptors (Lipinski definition) is 3. The van der Waals surface area contributed by atoms with E-state index >= 15 is 0 Å². The number of hydrogen-bond donors (Lipinski definition) is 0. The molecule has 12 heavy (non-hydrogen) atoms. The number of allylic oxidation sites excluding steroid dienone is 1. The van der Waals surface area contributed by atoms with Gasteiger partial charge in [0.1, 0.15) is 0 Å². The first kappa shape index (κ1) is 10.9. The van der Waals surface area contributed by atoms with Crippen molar-refractivity contribution in [1.82, 2.24) is 0 Å². The number of ketones is 1. The summed E-state index contributed by atoms with van der Waals surface area (Å²) < 4.78 is 4.44. The summed E-state index contributed by atoms with van der Waals surface area (Å²) in [5.41, 5.74) is 0. The molecule has 0 bridgehead atoms. The van der Waals surface area contributed by atoms with Crippen LogP contribution in [0.2, 0.25) is 0 Å². The second kappa shape index (κ2) is 6.58. The summed E-state index contributed by atoms with van der Waals surface area (Å²) >= 11 is 0. The number of unbranched alkanes of at least 4 members (excludes halogenated alkanes) is 1. The van der Waals surface area contributed by atoms with Gasteiger partial charge in [-0.25, -0.2) is 0 Å². The maximum atomic E-state index is 10.7. The van der Waals surface area contributed by atoms with Crippen molar-refractivity contribution >= 4 is 11.8 Å². The van der Waals surface area contributed by atoms with Crippen LogP contribution in [-0.2, 0) is 14.3 Å². The van der Waals surface area contributed by atoms with Gasteiger partial charge in [0.15, 0.2) is 5.78 Å². The summed E-state index contributed by atoms with van der Waals surface area (Å²) in [7, 11) is 1.36. The molecule has 0 aliphatic carbocycles. The molecule has 0 aromatic rings. The fourth-order valence-corrected chi connectivity index (χ4v) is 0.773. The number of carbonyl (C=O) groups excluding carboxylic acids is 2. The van der Waals surface area contributed by atoms with Crippen molar-refractivity contribution in [2.45, 2.75) is 25.7 Å². The van der Waals surface area contributed by atoms with Crippen molar-refractivity contribution < 1.29 is 14.3 Å². The smallest absolute Gasteiger partial charge is 0.305 e. The van der Waals surface area contributed by atoms with Crippen molar-refractivity contribution in [2.24, 2.45) is 0 Å². The zero-order valence-electron chi connectivity index (χ0n) is 7.34. The van der Waals surface area contributed by atoms with E-state index in [1.54, 1.807) is 0 Å². The molecule has 0 saturated heterocycles. The lowest BCUT2D eigenvalue weighted by atomic mass is 10.1. The fraction of sp³-hybridized carbons (Fsp3) is 0.556. The van der Waals surface area contributed by atoms with E-state index in [9.17, 15) is 9.59 Å². The van der Waals surface area contributed by atoms with Gasteiger partial charge >= 0.3 is 5.97 Å². The van der Waals surface area contributed by atoms with Crippen LogP contribution in [0.15, 0.2) is 12.7 Å². The maximum Gasteiger partial charge on any atom is 0.305 e. The molecule has 0 aliphatic heterocycles. The van der Waals surface area contributed by atoms with Gasteiger partial charge in [-0.15, -0.1) is 0 Å².